The van der Waals surface area contributed by atoms with Gasteiger partial charge in [0.25, 0.3) is 0 Å². The number of halogens is 3. The van der Waals surface area contributed by atoms with Gasteiger partial charge in [0.05, 0.1) is 17.0 Å². The fourth-order valence-corrected chi connectivity index (χ4v) is 4.59. The van der Waals surface area contributed by atoms with Gasteiger partial charge in [0.2, 0.25) is 10.0 Å². The van der Waals surface area contributed by atoms with Gasteiger partial charge in [-0.1, -0.05) is 6.07 Å². The van der Waals surface area contributed by atoms with Crippen molar-refractivity contribution in [3.63, 3.8) is 0 Å². The number of carbonyl (C=O) groups is 1. The molecule has 0 amide bonds. The first-order valence-electron chi connectivity index (χ1n) is 8.12. The summed E-state index contributed by atoms with van der Waals surface area (Å²) in [5, 5.41) is 11.4. The molecule has 0 saturated carbocycles. The first kappa shape index (κ1) is 20.7. The Balaban J connectivity index is 2.17. The molecule has 1 aliphatic heterocycles. The minimum Gasteiger partial charge on any atom is -0.480 e. The average molecular weight is 394 g/mol. The number of hydrogen-bond acceptors (Lipinski definition) is 4. The molecular weight excluding hydrogens is 373 g/mol. The lowest BCUT2D eigenvalue weighted by atomic mass is 10.00. The van der Waals surface area contributed by atoms with E-state index in [0.29, 0.717) is 19.0 Å². The zero-order valence-corrected chi connectivity index (χ0v) is 15.0. The highest BCUT2D eigenvalue weighted by molar-refractivity contribution is 7.89. The number of hydrogen-bond donors (Lipinski definition) is 2. The average Bonchev–Trinajstić information content (AvgIpc) is 2.54. The Labute approximate surface area is 150 Å². The lowest BCUT2D eigenvalue weighted by Crippen LogP contribution is -2.43. The number of alkyl halides is 3. The second kappa shape index (κ2) is 7.93. The third kappa shape index (κ3) is 4.95. The lowest BCUT2D eigenvalue weighted by molar-refractivity contribution is -0.138. The molecule has 1 atom stereocenters. The van der Waals surface area contributed by atoms with Crippen LogP contribution < -0.4 is 5.32 Å². The Morgan fingerprint density at radius 3 is 2.69 bits per heavy atom. The molecule has 0 bridgehead atoms. The number of aliphatic carboxylic acids is 1. The number of nitrogens with zero attached hydrogens (tertiary/aromatic N) is 1. The first-order valence-corrected chi connectivity index (χ1v) is 9.56. The molecule has 0 spiro atoms. The van der Waals surface area contributed by atoms with Gasteiger partial charge in [0.15, 0.2) is 0 Å². The quantitative estimate of drug-likeness (QED) is 0.772. The fraction of sp³-hybridized carbons (Fsp3) is 0.562. The molecular formula is C16H21F3N2O4S. The zero-order valence-electron chi connectivity index (χ0n) is 14.2. The molecule has 146 valence electrons. The molecule has 26 heavy (non-hydrogen) atoms. The van der Waals surface area contributed by atoms with Gasteiger partial charge < -0.3 is 10.4 Å². The third-order valence-corrected chi connectivity index (χ3v) is 6.20. The van der Waals surface area contributed by atoms with Gasteiger partial charge in [-0.3, -0.25) is 4.79 Å². The molecule has 2 N–H and O–H groups in total. The monoisotopic (exact) mass is 394 g/mol. The summed E-state index contributed by atoms with van der Waals surface area (Å²) in [6, 6.07) is 3.02. The molecule has 0 radical (unpaired) electrons. The Kier molecular flexibility index (Phi) is 6.30. The van der Waals surface area contributed by atoms with Crippen LogP contribution in [0.1, 0.15) is 24.0 Å². The highest BCUT2D eigenvalue weighted by atomic mass is 32.2. The summed E-state index contributed by atoms with van der Waals surface area (Å²) in [4.78, 5) is 10.1. The maximum atomic E-state index is 13.1. The minimum atomic E-state index is -4.62. The van der Waals surface area contributed by atoms with Crippen molar-refractivity contribution in [3.8, 4) is 0 Å². The van der Waals surface area contributed by atoms with Gasteiger partial charge >= 0.3 is 12.1 Å². The summed E-state index contributed by atoms with van der Waals surface area (Å²) in [5.41, 5.74) is -0.999. The number of nitrogens with one attached hydrogen (secondary N) is 1. The Morgan fingerprint density at radius 2 is 2.08 bits per heavy atom. The Hall–Kier alpha value is -1.65. The van der Waals surface area contributed by atoms with Crippen LogP contribution in [0.5, 0.6) is 0 Å². The van der Waals surface area contributed by atoms with Crippen LogP contribution in [0.3, 0.4) is 0 Å². The molecule has 6 nitrogen and oxygen atoms in total. The van der Waals surface area contributed by atoms with E-state index >= 15 is 0 Å². The van der Waals surface area contributed by atoms with Gasteiger partial charge in [0.1, 0.15) is 0 Å². The number of piperidine rings is 1. The topological polar surface area (TPSA) is 86.7 Å². The summed E-state index contributed by atoms with van der Waals surface area (Å²) >= 11 is 0. The van der Waals surface area contributed by atoms with E-state index in [4.69, 9.17) is 5.11 Å². The van der Waals surface area contributed by atoms with E-state index in [1.165, 1.54) is 17.3 Å². The van der Waals surface area contributed by atoms with Crippen LogP contribution >= 0.6 is 0 Å². The van der Waals surface area contributed by atoms with Crippen molar-refractivity contribution in [1.82, 2.24) is 9.62 Å². The van der Waals surface area contributed by atoms with Crippen molar-refractivity contribution in [3.05, 3.63) is 29.3 Å². The summed E-state index contributed by atoms with van der Waals surface area (Å²) in [5.74, 6) is -1.10. The maximum absolute atomic E-state index is 13.1. The summed E-state index contributed by atoms with van der Waals surface area (Å²) in [7, 11) is -4.05. The maximum Gasteiger partial charge on any atom is 0.416 e. The van der Waals surface area contributed by atoms with Crippen molar-refractivity contribution in [1.29, 1.82) is 0 Å². The van der Waals surface area contributed by atoms with E-state index in [9.17, 15) is 26.4 Å². The summed E-state index contributed by atoms with van der Waals surface area (Å²) in [6.07, 6.45) is -3.34. The van der Waals surface area contributed by atoms with E-state index in [1.54, 1.807) is 0 Å². The van der Waals surface area contributed by atoms with Crippen molar-refractivity contribution < 1.29 is 31.5 Å². The van der Waals surface area contributed by atoms with E-state index < -0.39 is 27.7 Å². The second-order valence-electron chi connectivity index (χ2n) is 6.37. The normalized spacial score (nSPS) is 19.5. The Morgan fingerprint density at radius 1 is 1.38 bits per heavy atom. The SMILES string of the molecule is Cc1ccc(S(=O)(=O)N2CCCC(CNCC(=O)O)C2)cc1C(F)(F)F. The summed E-state index contributed by atoms with van der Waals surface area (Å²) in [6.45, 7) is 1.76. The van der Waals surface area contributed by atoms with Crippen molar-refractivity contribution >= 4 is 16.0 Å². The van der Waals surface area contributed by atoms with E-state index in [2.05, 4.69) is 5.32 Å². The van der Waals surface area contributed by atoms with Gasteiger partial charge in [-0.2, -0.15) is 17.5 Å². The number of carboxylic acid groups (broad SMARTS) is 1. The number of sulfonamides is 1. The number of aryl methyl sites for hydroxylation is 1. The molecule has 2 rings (SSSR count). The van der Waals surface area contributed by atoms with Gasteiger partial charge in [-0.15, -0.1) is 0 Å². The largest absolute Gasteiger partial charge is 0.480 e. The highest BCUT2D eigenvalue weighted by Crippen LogP contribution is 2.34. The molecule has 1 fully saturated rings. The molecule has 1 heterocycles. The van der Waals surface area contributed by atoms with Crippen LogP contribution in [-0.4, -0.2) is 50.0 Å². The molecule has 1 unspecified atom stereocenters. The fourth-order valence-electron chi connectivity index (χ4n) is 3.01. The summed E-state index contributed by atoms with van der Waals surface area (Å²) < 4.78 is 65.9. The van der Waals surface area contributed by atoms with Gasteiger partial charge in [0, 0.05) is 13.1 Å². The van der Waals surface area contributed by atoms with Crippen molar-refractivity contribution in [2.24, 2.45) is 5.92 Å². The van der Waals surface area contributed by atoms with Crippen LogP contribution in [0.15, 0.2) is 23.1 Å². The van der Waals surface area contributed by atoms with Crippen LogP contribution in [0.4, 0.5) is 13.2 Å². The van der Waals surface area contributed by atoms with Crippen LogP contribution in [0, 0.1) is 12.8 Å². The zero-order chi connectivity index (χ0) is 19.5. The smallest absolute Gasteiger partial charge is 0.416 e. The standard InChI is InChI=1S/C16H21F3N2O4S/c1-11-4-5-13(7-14(11)16(17,18)19)26(24,25)21-6-2-3-12(10-21)8-20-9-15(22)23/h4-5,7,12,20H,2-3,6,8-10H2,1H3,(H,22,23). The van der Waals surface area contributed by atoms with E-state index in [-0.39, 0.29) is 36.0 Å². The Bertz CT molecular complexity index is 765. The first-order chi connectivity index (χ1) is 12.0. The predicted octanol–water partition coefficient (Wildman–Crippen LogP) is 2.09. The van der Waals surface area contributed by atoms with Crippen molar-refractivity contribution in [2.45, 2.75) is 30.8 Å². The molecule has 1 saturated heterocycles. The molecule has 1 aromatic carbocycles. The molecule has 1 aromatic rings. The van der Waals surface area contributed by atoms with Crippen LogP contribution in [0.25, 0.3) is 0 Å². The predicted molar refractivity (Wildman–Crippen MR) is 88.2 cm³/mol. The lowest BCUT2D eigenvalue weighted by Gasteiger charge is -2.32. The molecule has 0 aliphatic carbocycles. The minimum absolute atomic E-state index is 0.0363. The molecule has 10 heteroatoms. The third-order valence-electron chi connectivity index (χ3n) is 4.34. The van der Waals surface area contributed by atoms with Gasteiger partial charge in [-0.25, -0.2) is 8.42 Å². The number of rotatable bonds is 6. The number of carboxylic acids is 1. The second-order valence-corrected chi connectivity index (χ2v) is 8.31. The van der Waals surface area contributed by atoms with E-state index in [1.807, 2.05) is 0 Å². The molecule has 0 aromatic heterocycles. The van der Waals surface area contributed by atoms with Crippen molar-refractivity contribution in [2.75, 3.05) is 26.2 Å². The number of benzene rings is 1. The highest BCUT2D eigenvalue weighted by Gasteiger charge is 2.35. The van der Waals surface area contributed by atoms with E-state index in [0.717, 1.165) is 12.5 Å². The van der Waals surface area contributed by atoms with Crippen LogP contribution in [0.2, 0.25) is 0 Å². The van der Waals surface area contributed by atoms with Crippen LogP contribution in [-0.2, 0) is 21.0 Å². The van der Waals surface area contributed by atoms with Gasteiger partial charge in [-0.05, 0) is 49.9 Å². The molecule has 1 aliphatic rings.